The highest BCUT2D eigenvalue weighted by Crippen LogP contribution is 2.30. The van der Waals surface area contributed by atoms with Gasteiger partial charge in [-0.15, -0.1) is 11.8 Å². The van der Waals surface area contributed by atoms with Crippen LogP contribution < -0.4 is 0 Å². The molecule has 0 N–H and O–H groups in total. The molecule has 1 aliphatic heterocycles. The van der Waals surface area contributed by atoms with E-state index in [1.807, 2.05) is 18.4 Å². The predicted octanol–water partition coefficient (Wildman–Crippen LogP) is 3.36. The lowest BCUT2D eigenvalue weighted by molar-refractivity contribution is 0.0905. The minimum absolute atomic E-state index is 0.0569. The summed E-state index contributed by atoms with van der Waals surface area (Å²) in [5, 5.41) is 0. The van der Waals surface area contributed by atoms with E-state index in [0.717, 1.165) is 4.90 Å². The Morgan fingerprint density at radius 1 is 1.29 bits per heavy atom. The summed E-state index contributed by atoms with van der Waals surface area (Å²) < 4.78 is 35.0. The van der Waals surface area contributed by atoms with Crippen LogP contribution in [-0.4, -0.2) is 19.5 Å². The lowest BCUT2D eigenvalue weighted by atomic mass is 10.1. The maximum atomic E-state index is 13.1. The zero-order valence-corrected chi connectivity index (χ0v) is 10.3. The van der Waals surface area contributed by atoms with Gasteiger partial charge in [-0.1, -0.05) is 0 Å². The van der Waals surface area contributed by atoms with Gasteiger partial charge < -0.3 is 17.9 Å². The van der Waals surface area contributed by atoms with Gasteiger partial charge in [0.25, 0.3) is 0 Å². The van der Waals surface area contributed by atoms with Crippen LogP contribution in [0, 0.1) is 6.08 Å². The van der Waals surface area contributed by atoms with Crippen molar-refractivity contribution >= 4 is 24.6 Å². The maximum absolute atomic E-state index is 13.1. The summed E-state index contributed by atoms with van der Waals surface area (Å²) in [6, 6.07) is 7.17. The van der Waals surface area contributed by atoms with Crippen molar-refractivity contribution in [1.29, 1.82) is 0 Å². The smallest absolute Gasteiger partial charge is 0.601 e. The van der Waals surface area contributed by atoms with Crippen LogP contribution in [0.5, 0.6) is 0 Å². The molecule has 0 aliphatic carbocycles. The van der Waals surface area contributed by atoms with Crippen molar-refractivity contribution in [3.63, 3.8) is 0 Å². The summed E-state index contributed by atoms with van der Waals surface area (Å²) >= 11 is 1.59. The molecule has 0 saturated heterocycles. The van der Waals surface area contributed by atoms with E-state index in [1.54, 1.807) is 23.9 Å². The Kier molecular flexibility index (Phi) is 3.38. The van der Waals surface area contributed by atoms with E-state index in [1.165, 1.54) is 6.92 Å². The van der Waals surface area contributed by atoms with E-state index in [-0.39, 0.29) is 5.76 Å². The molecule has 0 aromatic heterocycles. The summed E-state index contributed by atoms with van der Waals surface area (Å²) in [6.45, 7) is 1.51. The van der Waals surface area contributed by atoms with E-state index in [2.05, 4.69) is 15.4 Å². The summed E-state index contributed by atoms with van der Waals surface area (Å²) in [4.78, 5) is 1.06. The molecule has 2 rings (SSSR count). The summed E-state index contributed by atoms with van der Waals surface area (Å²) in [5.74, 6) is 0.0569. The number of halogens is 2. The Bertz CT molecular complexity index is 434. The van der Waals surface area contributed by atoms with Crippen LogP contribution in [0.25, 0.3) is 5.76 Å². The summed E-state index contributed by atoms with van der Waals surface area (Å²) in [6.07, 6.45) is 3.91. The third-order valence-corrected chi connectivity index (χ3v) is 3.05. The normalized spacial score (nSPS) is 22.4. The first-order valence-electron chi connectivity index (χ1n) is 5.15. The lowest BCUT2D eigenvalue weighted by Gasteiger charge is -2.29. The first-order chi connectivity index (χ1) is 8.00. The van der Waals surface area contributed by atoms with Gasteiger partial charge in [0.05, 0.1) is 0 Å². The molecular weight excluding hydrogens is 245 g/mol. The third-order valence-electron chi connectivity index (χ3n) is 2.30. The van der Waals surface area contributed by atoms with Gasteiger partial charge in [-0.25, -0.2) is 0 Å². The van der Waals surface area contributed by atoms with Gasteiger partial charge in [-0.3, -0.25) is 0 Å². The predicted molar refractivity (Wildman–Crippen MR) is 64.5 cm³/mol. The van der Waals surface area contributed by atoms with Crippen molar-refractivity contribution in [3.05, 3.63) is 35.9 Å². The molecule has 90 valence electrons. The first-order valence-corrected chi connectivity index (χ1v) is 6.37. The fraction of sp³-hybridized carbons (Fsp3) is 0.273. The highest BCUT2D eigenvalue weighted by molar-refractivity contribution is 7.98. The zero-order valence-electron chi connectivity index (χ0n) is 9.44. The monoisotopic (exact) mass is 256 g/mol. The molecule has 1 aliphatic rings. The highest BCUT2D eigenvalue weighted by Gasteiger charge is 2.41. The van der Waals surface area contributed by atoms with Crippen LogP contribution in [0.2, 0.25) is 0 Å². The Hall–Kier alpha value is -1.10. The topological polar surface area (TPSA) is 18.5 Å². The van der Waals surface area contributed by atoms with Gasteiger partial charge in [-0.05, 0) is 25.3 Å². The van der Waals surface area contributed by atoms with Gasteiger partial charge in [0.2, 0.25) is 0 Å². The second kappa shape index (κ2) is 4.65. The highest BCUT2D eigenvalue weighted by atomic mass is 32.2. The van der Waals surface area contributed by atoms with Crippen molar-refractivity contribution in [2.75, 3.05) is 6.26 Å². The van der Waals surface area contributed by atoms with Gasteiger partial charge in [0, 0.05) is 17.0 Å². The molecular formula is C11H11BF2O2S. The molecule has 2 nitrogen and oxygen atoms in total. The van der Waals surface area contributed by atoms with Crippen LogP contribution in [-0.2, 0) is 9.31 Å². The van der Waals surface area contributed by atoms with Crippen molar-refractivity contribution in [2.24, 2.45) is 0 Å². The quantitative estimate of drug-likeness (QED) is 0.459. The van der Waals surface area contributed by atoms with Gasteiger partial charge in [-0.2, -0.15) is 0 Å². The van der Waals surface area contributed by atoms with E-state index < -0.39 is 13.2 Å². The fourth-order valence-electron chi connectivity index (χ4n) is 1.55. The van der Waals surface area contributed by atoms with Crippen LogP contribution in [0.4, 0.5) is 8.63 Å². The zero-order chi connectivity index (χ0) is 12.5. The van der Waals surface area contributed by atoms with Crippen molar-refractivity contribution in [3.8, 4) is 0 Å². The fourth-order valence-corrected chi connectivity index (χ4v) is 1.96. The number of hydrogen-bond acceptors (Lipinski definition) is 3. The molecule has 6 heteroatoms. The molecule has 17 heavy (non-hydrogen) atoms. The third kappa shape index (κ3) is 2.97. The molecule has 0 bridgehead atoms. The van der Waals surface area contributed by atoms with Gasteiger partial charge in [0.1, 0.15) is 6.08 Å². The van der Waals surface area contributed by atoms with Gasteiger partial charge >= 0.3 is 12.9 Å². The Balaban J connectivity index is 2.26. The minimum Gasteiger partial charge on any atom is -0.601 e. The minimum atomic E-state index is -4.23. The Labute approximate surface area is 103 Å². The molecule has 0 spiro atoms. The van der Waals surface area contributed by atoms with Crippen molar-refractivity contribution in [1.82, 2.24) is 0 Å². The molecule has 1 heterocycles. The van der Waals surface area contributed by atoms with E-state index in [4.69, 9.17) is 0 Å². The molecule has 0 amide bonds. The molecule has 1 unspecified atom stereocenters. The molecule has 0 fully saturated rings. The molecule has 0 radical (unpaired) electrons. The lowest BCUT2D eigenvalue weighted by Crippen LogP contribution is -2.38. The van der Waals surface area contributed by atoms with E-state index >= 15 is 0 Å². The average molecular weight is 256 g/mol. The second-order valence-corrected chi connectivity index (χ2v) is 4.51. The largest absolute Gasteiger partial charge is 0.668 e. The number of rotatable bonds is 2. The molecule has 0 saturated carbocycles. The molecule has 1 aromatic carbocycles. The number of benzene rings is 1. The average Bonchev–Trinajstić information content (AvgIpc) is 2.26. The maximum Gasteiger partial charge on any atom is 0.668 e. The summed E-state index contributed by atoms with van der Waals surface area (Å²) in [5.41, 5.74) is 0.583. The van der Waals surface area contributed by atoms with Crippen molar-refractivity contribution in [2.45, 2.75) is 17.9 Å². The van der Waals surface area contributed by atoms with Crippen LogP contribution in [0.1, 0.15) is 12.5 Å². The Morgan fingerprint density at radius 2 is 1.94 bits per heavy atom. The van der Waals surface area contributed by atoms with Crippen molar-refractivity contribution < 1.29 is 17.9 Å². The summed E-state index contributed by atoms with van der Waals surface area (Å²) in [7, 11) is -4.23. The second-order valence-electron chi connectivity index (χ2n) is 3.63. The number of hydrogen-bond donors (Lipinski definition) is 0. The first kappa shape index (κ1) is 12.4. The standard InChI is InChI=1S/C11H11BF2O2S/c1-8-7-11(16-12(13,14)15-8)9-3-5-10(17-2)6-4-9/h3-6,8H,1-2H3. The molecule has 1 atom stereocenters. The van der Waals surface area contributed by atoms with Crippen LogP contribution in [0.15, 0.2) is 29.2 Å². The van der Waals surface area contributed by atoms with Crippen LogP contribution >= 0.6 is 11.8 Å². The SMILES string of the molecule is CSc1ccc(C2=[C+]C(C)O[B-](F)(F)O2)cc1. The van der Waals surface area contributed by atoms with E-state index in [9.17, 15) is 8.63 Å². The Morgan fingerprint density at radius 3 is 2.47 bits per heavy atom. The molecule has 1 aromatic rings. The van der Waals surface area contributed by atoms with Gasteiger partial charge in [0.15, 0.2) is 11.7 Å². The van der Waals surface area contributed by atoms with Crippen LogP contribution in [0.3, 0.4) is 0 Å². The van der Waals surface area contributed by atoms with E-state index in [0.29, 0.717) is 5.56 Å². The number of thioether (sulfide) groups is 1.